The number of hydrogen-bond acceptors (Lipinski definition) is 3. The van der Waals surface area contributed by atoms with E-state index in [9.17, 15) is 9.59 Å². The molecule has 0 aliphatic heterocycles. The highest BCUT2D eigenvalue weighted by Crippen LogP contribution is 2.25. The minimum absolute atomic E-state index is 0.113. The molecule has 156 valence electrons. The Labute approximate surface area is 195 Å². The summed E-state index contributed by atoms with van der Waals surface area (Å²) in [5.74, 6) is -1.20. The van der Waals surface area contributed by atoms with Crippen LogP contribution in [-0.4, -0.2) is 24.4 Å². The topological polar surface area (TPSA) is 82.0 Å². The van der Waals surface area contributed by atoms with Gasteiger partial charge >= 0.3 is 0 Å². The zero-order valence-electron chi connectivity index (χ0n) is 16.8. The van der Waals surface area contributed by atoms with E-state index < -0.39 is 12.0 Å². The first-order chi connectivity index (χ1) is 15.1. The molecule has 1 unspecified atom stereocenters. The summed E-state index contributed by atoms with van der Waals surface area (Å²) in [7, 11) is 0. The van der Waals surface area contributed by atoms with E-state index in [0.717, 1.165) is 20.3 Å². The quantitative estimate of drug-likeness (QED) is 0.348. The minimum atomic E-state index is -0.797. The van der Waals surface area contributed by atoms with Gasteiger partial charge in [-0.05, 0) is 51.4 Å². The lowest BCUT2D eigenvalue weighted by atomic mass is 9.90. The lowest BCUT2D eigenvalue weighted by Crippen LogP contribution is -2.49. The van der Waals surface area contributed by atoms with Crippen LogP contribution in [0.1, 0.15) is 22.6 Å². The molecule has 0 aromatic heterocycles. The van der Waals surface area contributed by atoms with Crippen molar-refractivity contribution in [1.82, 2.24) is 10.6 Å². The molecule has 2 amide bonds. The third-order valence-electron chi connectivity index (χ3n) is 4.83. The molecule has 0 aliphatic carbocycles. The van der Waals surface area contributed by atoms with E-state index in [1.807, 2.05) is 91.0 Å². The number of rotatable bonds is 8. The number of benzene rings is 3. The predicted molar refractivity (Wildman–Crippen MR) is 128 cm³/mol. The highest BCUT2D eigenvalue weighted by atomic mass is 127. The summed E-state index contributed by atoms with van der Waals surface area (Å²) >= 11 is 2.21. The average Bonchev–Trinajstić information content (AvgIpc) is 2.78. The van der Waals surface area contributed by atoms with Crippen LogP contribution in [0.5, 0.6) is 0 Å². The van der Waals surface area contributed by atoms with Gasteiger partial charge in [0.2, 0.25) is 11.8 Å². The van der Waals surface area contributed by atoms with Crippen LogP contribution in [0.4, 0.5) is 0 Å². The summed E-state index contributed by atoms with van der Waals surface area (Å²) in [6.45, 7) is -0.113. The van der Waals surface area contributed by atoms with Crippen LogP contribution in [0.15, 0.2) is 84.9 Å². The standard InChI is InChI=1S/C25H22IN3O2/c26-21-13-7-8-18(16-21)17-22(24(30)28-15-14-27)29-25(31)23(19-9-3-1-4-10-19)20-11-5-2-6-12-20/h1-13,16,22-23H,15,17H2,(H,28,30)(H,29,31). The van der Waals surface area contributed by atoms with Crippen LogP contribution in [0.25, 0.3) is 0 Å². The number of nitriles is 1. The van der Waals surface area contributed by atoms with Crippen molar-refractivity contribution < 1.29 is 9.59 Å². The molecule has 0 spiro atoms. The van der Waals surface area contributed by atoms with E-state index >= 15 is 0 Å². The van der Waals surface area contributed by atoms with E-state index in [1.54, 1.807) is 0 Å². The molecule has 3 aromatic carbocycles. The first-order valence-corrected chi connectivity index (χ1v) is 11.0. The molecule has 1 atom stereocenters. The van der Waals surface area contributed by atoms with Crippen molar-refractivity contribution in [3.05, 3.63) is 105 Å². The third-order valence-corrected chi connectivity index (χ3v) is 5.50. The summed E-state index contributed by atoms with van der Waals surface area (Å²) in [6.07, 6.45) is 0.330. The molecule has 5 nitrogen and oxygen atoms in total. The number of amides is 2. The van der Waals surface area contributed by atoms with Crippen LogP contribution < -0.4 is 10.6 Å². The largest absolute Gasteiger partial charge is 0.343 e. The fraction of sp³-hybridized carbons (Fsp3) is 0.160. The number of hydrogen-bond donors (Lipinski definition) is 2. The van der Waals surface area contributed by atoms with Crippen molar-refractivity contribution in [2.45, 2.75) is 18.4 Å². The zero-order valence-corrected chi connectivity index (χ0v) is 19.0. The molecule has 0 saturated heterocycles. The molecule has 31 heavy (non-hydrogen) atoms. The fourth-order valence-electron chi connectivity index (χ4n) is 3.40. The normalized spacial score (nSPS) is 11.4. The van der Waals surface area contributed by atoms with E-state index in [4.69, 9.17) is 5.26 Å². The van der Waals surface area contributed by atoms with Crippen molar-refractivity contribution >= 4 is 34.4 Å². The van der Waals surface area contributed by atoms with E-state index in [2.05, 4.69) is 33.2 Å². The highest BCUT2D eigenvalue weighted by molar-refractivity contribution is 14.1. The van der Waals surface area contributed by atoms with Gasteiger partial charge in [0.1, 0.15) is 12.6 Å². The van der Waals surface area contributed by atoms with Crippen molar-refractivity contribution in [2.75, 3.05) is 6.54 Å². The van der Waals surface area contributed by atoms with Gasteiger partial charge in [-0.15, -0.1) is 0 Å². The molecule has 0 heterocycles. The summed E-state index contributed by atoms with van der Waals surface area (Å²) in [5, 5.41) is 14.3. The first-order valence-electron chi connectivity index (χ1n) is 9.88. The van der Waals surface area contributed by atoms with E-state index in [-0.39, 0.29) is 18.4 Å². The van der Waals surface area contributed by atoms with Crippen LogP contribution in [0, 0.1) is 14.9 Å². The van der Waals surface area contributed by atoms with Crippen molar-refractivity contribution in [3.63, 3.8) is 0 Å². The summed E-state index contributed by atoms with van der Waals surface area (Å²) < 4.78 is 1.05. The molecule has 0 fully saturated rings. The van der Waals surface area contributed by atoms with Gasteiger partial charge in [-0.25, -0.2) is 0 Å². The molecule has 6 heteroatoms. The Balaban J connectivity index is 1.89. The van der Waals surface area contributed by atoms with E-state index in [1.165, 1.54) is 0 Å². The van der Waals surface area contributed by atoms with Gasteiger partial charge in [-0.1, -0.05) is 72.8 Å². The lowest BCUT2D eigenvalue weighted by Gasteiger charge is -2.23. The molecule has 2 N–H and O–H groups in total. The van der Waals surface area contributed by atoms with Crippen molar-refractivity contribution in [3.8, 4) is 6.07 Å². The van der Waals surface area contributed by atoms with Gasteiger partial charge in [0, 0.05) is 9.99 Å². The zero-order chi connectivity index (χ0) is 22.1. The summed E-state index contributed by atoms with van der Waals surface area (Å²) in [4.78, 5) is 26.2. The van der Waals surface area contributed by atoms with E-state index in [0.29, 0.717) is 6.42 Å². The average molecular weight is 523 g/mol. The second-order valence-corrected chi connectivity index (χ2v) is 8.27. The molecule has 0 radical (unpaired) electrons. The van der Waals surface area contributed by atoms with Crippen LogP contribution in [-0.2, 0) is 16.0 Å². The second kappa shape index (κ2) is 11.3. The molecule has 3 aromatic rings. The van der Waals surface area contributed by atoms with Gasteiger partial charge < -0.3 is 10.6 Å². The van der Waals surface area contributed by atoms with Gasteiger partial charge in [-0.2, -0.15) is 5.26 Å². The van der Waals surface area contributed by atoms with Crippen molar-refractivity contribution in [2.24, 2.45) is 0 Å². The van der Waals surface area contributed by atoms with Gasteiger partial charge in [0.25, 0.3) is 0 Å². The third kappa shape index (κ3) is 6.40. The monoisotopic (exact) mass is 523 g/mol. The predicted octanol–water partition coefficient (Wildman–Crippen LogP) is 3.79. The lowest BCUT2D eigenvalue weighted by molar-refractivity contribution is -0.129. The van der Waals surface area contributed by atoms with Crippen LogP contribution >= 0.6 is 22.6 Å². The molecule has 0 saturated carbocycles. The Morgan fingerprint density at radius 2 is 1.48 bits per heavy atom. The second-order valence-electron chi connectivity index (χ2n) is 7.03. The molecular formula is C25H22IN3O2. The first kappa shape index (κ1) is 22.5. The summed E-state index contributed by atoms with van der Waals surface area (Å²) in [5.41, 5.74) is 2.62. The van der Waals surface area contributed by atoms with Crippen molar-refractivity contribution in [1.29, 1.82) is 5.26 Å². The molecular weight excluding hydrogens is 501 g/mol. The Hall–Kier alpha value is -3.18. The number of carbonyl (C=O) groups excluding carboxylic acids is 2. The Bertz CT molecular complexity index is 1030. The Kier molecular flexibility index (Phi) is 8.19. The SMILES string of the molecule is N#CCNC(=O)C(Cc1cccc(I)c1)NC(=O)C(c1ccccc1)c1ccccc1. The number of nitrogens with one attached hydrogen (secondary N) is 2. The van der Waals surface area contributed by atoms with Gasteiger partial charge in [-0.3, -0.25) is 9.59 Å². The van der Waals surface area contributed by atoms with Crippen LogP contribution in [0.3, 0.4) is 0 Å². The Morgan fingerprint density at radius 3 is 2.03 bits per heavy atom. The number of carbonyl (C=O) groups is 2. The minimum Gasteiger partial charge on any atom is -0.343 e. The molecule has 3 rings (SSSR count). The maximum Gasteiger partial charge on any atom is 0.243 e. The fourth-order valence-corrected chi connectivity index (χ4v) is 4.01. The highest BCUT2D eigenvalue weighted by Gasteiger charge is 2.28. The summed E-state index contributed by atoms with van der Waals surface area (Å²) in [6, 6.07) is 27.9. The molecule has 0 aliphatic rings. The van der Waals surface area contributed by atoms with Crippen LogP contribution in [0.2, 0.25) is 0 Å². The van der Waals surface area contributed by atoms with Gasteiger partial charge in [0.15, 0.2) is 0 Å². The van der Waals surface area contributed by atoms with Gasteiger partial charge in [0.05, 0.1) is 12.0 Å². The smallest absolute Gasteiger partial charge is 0.243 e. The Morgan fingerprint density at radius 1 is 0.871 bits per heavy atom. The molecule has 0 bridgehead atoms. The number of nitrogens with zero attached hydrogens (tertiary/aromatic N) is 1. The maximum atomic E-state index is 13.4. The number of halogens is 1. The maximum absolute atomic E-state index is 13.4.